The fraction of sp³-hybridized carbons (Fsp3) is 0.643. The van der Waals surface area contributed by atoms with Crippen LogP contribution in [-0.4, -0.2) is 77.7 Å². The molecule has 0 saturated carbocycles. The molecule has 1 rings (SSSR count). The first-order chi connectivity index (χ1) is 18.3. The molecule has 10 nitrogen and oxygen atoms in total. The molecule has 3 N–H and O–H groups in total. The number of ether oxygens (including phenoxy) is 2. The molecule has 11 heteroatoms. The Morgan fingerprint density at radius 1 is 1.13 bits per heavy atom. The van der Waals surface area contributed by atoms with Crippen molar-refractivity contribution in [2.75, 3.05) is 32.2 Å². The third-order valence-corrected chi connectivity index (χ3v) is 6.51. The molecule has 220 valence electrons. The summed E-state index contributed by atoms with van der Waals surface area (Å²) in [5.74, 6) is -0.995. The highest BCUT2D eigenvalue weighted by atomic mass is 32.2. The van der Waals surface area contributed by atoms with Crippen molar-refractivity contribution in [2.24, 2.45) is 0 Å². The predicted octanol–water partition coefficient (Wildman–Crippen LogP) is 4.09. The van der Waals surface area contributed by atoms with Crippen LogP contribution in [0.2, 0.25) is 0 Å². The van der Waals surface area contributed by atoms with Crippen molar-refractivity contribution in [2.45, 2.75) is 84.4 Å². The Balaban J connectivity index is 3.51. The fourth-order valence-electron chi connectivity index (χ4n) is 3.87. The van der Waals surface area contributed by atoms with Gasteiger partial charge in [0, 0.05) is 6.54 Å². The van der Waals surface area contributed by atoms with Gasteiger partial charge in [0.2, 0.25) is 11.8 Å². The lowest BCUT2D eigenvalue weighted by Gasteiger charge is -2.34. The number of amides is 3. The van der Waals surface area contributed by atoms with E-state index < -0.39 is 41.6 Å². The number of rotatable bonds is 15. The number of benzene rings is 1. The molecule has 1 aromatic rings. The Bertz CT molecular complexity index is 965. The Labute approximate surface area is 236 Å². The van der Waals surface area contributed by atoms with Gasteiger partial charge in [0.15, 0.2) is 0 Å². The van der Waals surface area contributed by atoms with Crippen LogP contribution in [0.25, 0.3) is 0 Å². The molecule has 2 atom stereocenters. The lowest BCUT2D eigenvalue weighted by Crippen LogP contribution is -2.53. The molecular weight excluding hydrogens is 522 g/mol. The predicted molar refractivity (Wildman–Crippen MR) is 153 cm³/mol. The smallest absolute Gasteiger partial charge is 0.408 e. The first-order valence-electron chi connectivity index (χ1n) is 13.3. The molecule has 1 aromatic carbocycles. The summed E-state index contributed by atoms with van der Waals surface area (Å²) < 4.78 is 10.1. The second-order valence-electron chi connectivity index (χ2n) is 10.3. The van der Waals surface area contributed by atoms with Gasteiger partial charge in [-0.3, -0.25) is 14.4 Å². The van der Waals surface area contributed by atoms with Crippen LogP contribution >= 0.6 is 11.8 Å². The van der Waals surface area contributed by atoms with E-state index in [1.54, 1.807) is 39.8 Å². The highest BCUT2D eigenvalue weighted by Crippen LogP contribution is 2.28. The maximum atomic E-state index is 14.1. The topological polar surface area (TPSA) is 134 Å². The number of carbonyl (C=O) groups is 4. The highest BCUT2D eigenvalue weighted by molar-refractivity contribution is 7.98. The van der Waals surface area contributed by atoms with Crippen LogP contribution in [0, 0.1) is 6.92 Å². The summed E-state index contributed by atoms with van der Waals surface area (Å²) in [6.45, 7) is 8.86. The number of hydrogen-bond acceptors (Lipinski definition) is 8. The van der Waals surface area contributed by atoms with Crippen LogP contribution in [0.15, 0.2) is 18.2 Å². The molecule has 0 aliphatic carbocycles. The molecule has 3 amide bonds. The molecule has 0 spiro atoms. The number of phenols is 1. The third kappa shape index (κ3) is 12.2. The Morgan fingerprint density at radius 3 is 2.38 bits per heavy atom. The van der Waals surface area contributed by atoms with Gasteiger partial charge in [-0.25, -0.2) is 4.79 Å². The van der Waals surface area contributed by atoms with Crippen molar-refractivity contribution in [3.63, 3.8) is 0 Å². The number of unbranched alkanes of at least 4 members (excludes halogenated alkanes) is 3. The standard InChI is InChI=1S/C28H45N3O7S/c1-8-9-10-11-15-31(26(35)21(14-16-39-7)30-27(36)38-28(3,4)5)24(25(34)29-18-23(33)37-6)20-12-13-22(32)19(2)17-20/h12-13,17,21,24,32H,8-11,14-16,18H2,1-7H3,(H,29,34)(H,30,36). The highest BCUT2D eigenvalue weighted by Gasteiger charge is 2.36. The minimum absolute atomic E-state index is 0.0535. The monoisotopic (exact) mass is 567 g/mol. The Morgan fingerprint density at radius 2 is 1.82 bits per heavy atom. The van der Waals surface area contributed by atoms with Crippen molar-refractivity contribution in [1.82, 2.24) is 15.5 Å². The first kappa shape index (κ1) is 34.1. The summed E-state index contributed by atoms with van der Waals surface area (Å²) in [5.41, 5.74) is 0.247. The van der Waals surface area contributed by atoms with Crippen molar-refractivity contribution in [1.29, 1.82) is 0 Å². The molecule has 0 heterocycles. The first-order valence-corrected chi connectivity index (χ1v) is 14.7. The van der Waals surface area contributed by atoms with E-state index >= 15 is 0 Å². The number of esters is 1. The maximum Gasteiger partial charge on any atom is 0.408 e. The molecule has 0 aromatic heterocycles. The zero-order chi connectivity index (χ0) is 29.6. The van der Waals surface area contributed by atoms with E-state index in [1.165, 1.54) is 29.8 Å². The quantitative estimate of drug-likeness (QED) is 0.213. The number of nitrogens with one attached hydrogen (secondary N) is 2. The number of nitrogens with zero attached hydrogens (tertiary/aromatic N) is 1. The third-order valence-electron chi connectivity index (χ3n) is 5.87. The molecule has 0 fully saturated rings. The SMILES string of the molecule is CCCCCCN(C(=O)C(CCSC)NC(=O)OC(C)(C)C)C(C(=O)NCC(=O)OC)c1ccc(O)c(C)c1. The van der Waals surface area contributed by atoms with Crippen molar-refractivity contribution in [3.05, 3.63) is 29.3 Å². The maximum absolute atomic E-state index is 14.1. The van der Waals surface area contributed by atoms with E-state index in [1.807, 2.05) is 6.26 Å². The summed E-state index contributed by atoms with van der Waals surface area (Å²) in [7, 11) is 1.22. The van der Waals surface area contributed by atoms with Crippen LogP contribution in [0.5, 0.6) is 5.75 Å². The summed E-state index contributed by atoms with van der Waals surface area (Å²) in [6.07, 6.45) is 4.95. The number of methoxy groups -OCH3 is 1. The number of hydrogen-bond donors (Lipinski definition) is 3. The van der Waals surface area contributed by atoms with E-state index in [-0.39, 0.29) is 18.8 Å². The number of phenolic OH excluding ortho intramolecular Hbond substituents is 1. The van der Waals surface area contributed by atoms with Gasteiger partial charge < -0.3 is 30.1 Å². The van der Waals surface area contributed by atoms with E-state index in [0.717, 1.165) is 19.3 Å². The largest absolute Gasteiger partial charge is 0.508 e. The minimum Gasteiger partial charge on any atom is -0.508 e. The van der Waals surface area contributed by atoms with E-state index in [0.29, 0.717) is 29.7 Å². The second-order valence-corrected chi connectivity index (χ2v) is 11.3. The van der Waals surface area contributed by atoms with Gasteiger partial charge in [0.25, 0.3) is 0 Å². The average molecular weight is 568 g/mol. The van der Waals surface area contributed by atoms with Crippen LogP contribution in [0.4, 0.5) is 4.79 Å². The molecule has 0 aliphatic rings. The van der Waals surface area contributed by atoms with Gasteiger partial charge in [-0.05, 0) is 75.8 Å². The van der Waals surface area contributed by atoms with Gasteiger partial charge in [-0.15, -0.1) is 0 Å². The number of aryl methyl sites for hydroxylation is 1. The lowest BCUT2D eigenvalue weighted by molar-refractivity contribution is -0.144. The van der Waals surface area contributed by atoms with Crippen molar-refractivity contribution < 1.29 is 33.8 Å². The molecule has 0 radical (unpaired) electrons. The Kier molecular flexibility index (Phi) is 14.8. The molecule has 0 bridgehead atoms. The zero-order valence-electron chi connectivity index (χ0n) is 24.3. The average Bonchev–Trinajstić information content (AvgIpc) is 2.87. The molecule has 0 saturated heterocycles. The number of thioether (sulfide) groups is 1. The summed E-state index contributed by atoms with van der Waals surface area (Å²) in [4.78, 5) is 53.5. The van der Waals surface area contributed by atoms with Gasteiger partial charge in [0.1, 0.15) is 30.0 Å². The van der Waals surface area contributed by atoms with Gasteiger partial charge in [-0.2, -0.15) is 11.8 Å². The summed E-state index contributed by atoms with van der Waals surface area (Å²) >= 11 is 1.53. The van der Waals surface area contributed by atoms with Crippen LogP contribution in [0.3, 0.4) is 0 Å². The van der Waals surface area contributed by atoms with E-state index in [2.05, 4.69) is 22.3 Å². The Hall–Kier alpha value is -2.95. The molecule has 39 heavy (non-hydrogen) atoms. The van der Waals surface area contributed by atoms with Gasteiger partial charge in [-0.1, -0.05) is 32.3 Å². The number of carbonyl (C=O) groups excluding carboxylic acids is 4. The lowest BCUT2D eigenvalue weighted by atomic mass is 9.99. The molecule has 0 aliphatic heterocycles. The number of alkyl carbamates (subject to hydrolysis) is 1. The zero-order valence-corrected chi connectivity index (χ0v) is 25.1. The van der Waals surface area contributed by atoms with Gasteiger partial charge in [0.05, 0.1) is 7.11 Å². The van der Waals surface area contributed by atoms with Crippen LogP contribution in [0.1, 0.15) is 77.0 Å². The van der Waals surface area contributed by atoms with Crippen LogP contribution in [-0.2, 0) is 23.9 Å². The van der Waals surface area contributed by atoms with Crippen molar-refractivity contribution in [3.8, 4) is 5.75 Å². The van der Waals surface area contributed by atoms with Crippen molar-refractivity contribution >= 4 is 35.6 Å². The van der Waals surface area contributed by atoms with E-state index in [4.69, 9.17) is 4.74 Å². The second kappa shape index (κ2) is 16.9. The molecule has 2 unspecified atom stereocenters. The van der Waals surface area contributed by atoms with E-state index in [9.17, 15) is 24.3 Å². The van der Waals surface area contributed by atoms with Gasteiger partial charge >= 0.3 is 12.1 Å². The molecular formula is C28H45N3O7S. The summed E-state index contributed by atoms with van der Waals surface area (Å²) in [5, 5.41) is 15.4. The fourth-order valence-corrected chi connectivity index (χ4v) is 4.34. The summed E-state index contributed by atoms with van der Waals surface area (Å²) in [6, 6.07) is 2.64. The number of aromatic hydroxyl groups is 1. The minimum atomic E-state index is -1.11. The van der Waals surface area contributed by atoms with Crippen LogP contribution < -0.4 is 10.6 Å². The normalized spacial score (nSPS) is 12.7.